The number of benzene rings is 2. The van der Waals surface area contributed by atoms with Crippen molar-refractivity contribution in [3.05, 3.63) is 71.1 Å². The van der Waals surface area contributed by atoms with Crippen LogP contribution in [0.25, 0.3) is 5.70 Å². The first kappa shape index (κ1) is 18.3. The van der Waals surface area contributed by atoms with Crippen LogP contribution in [0.15, 0.2) is 65.0 Å². The molecule has 4 rings (SSSR count). The predicted molar refractivity (Wildman–Crippen MR) is 110 cm³/mol. The van der Waals surface area contributed by atoms with E-state index in [4.69, 9.17) is 9.73 Å². The number of aliphatic imine (C=N–C) groups is 1. The zero-order valence-electron chi connectivity index (χ0n) is 15.5. The van der Waals surface area contributed by atoms with Crippen LogP contribution in [0.4, 0.5) is 0 Å². The molecule has 2 aliphatic heterocycles. The Morgan fingerprint density at radius 3 is 2.50 bits per heavy atom. The van der Waals surface area contributed by atoms with Crippen LogP contribution in [0.5, 0.6) is 5.75 Å². The lowest BCUT2D eigenvalue weighted by molar-refractivity contribution is -0.132. The number of hydrogen-bond acceptors (Lipinski definition) is 5. The molecule has 0 spiro atoms. The lowest BCUT2D eigenvalue weighted by Crippen LogP contribution is -2.53. The number of hydrogen-bond donors (Lipinski definition) is 1. The fraction of sp³-hybridized carbons (Fsp3) is 0.190. The smallest absolute Gasteiger partial charge is 0.258 e. The quantitative estimate of drug-likeness (QED) is 0.866. The van der Waals surface area contributed by atoms with Crippen LogP contribution >= 0.6 is 11.8 Å². The highest BCUT2D eigenvalue weighted by atomic mass is 32.2. The summed E-state index contributed by atoms with van der Waals surface area (Å²) >= 11 is 1.42. The molecule has 142 valence electrons. The van der Waals surface area contributed by atoms with Crippen molar-refractivity contribution in [1.82, 2.24) is 10.2 Å². The van der Waals surface area contributed by atoms with Gasteiger partial charge in [-0.2, -0.15) is 0 Å². The van der Waals surface area contributed by atoms with Crippen molar-refractivity contribution in [2.24, 2.45) is 4.99 Å². The predicted octanol–water partition coefficient (Wildman–Crippen LogP) is 3.18. The summed E-state index contributed by atoms with van der Waals surface area (Å²) in [6, 6.07) is 15.8. The minimum Gasteiger partial charge on any atom is -0.497 e. The van der Waals surface area contributed by atoms with Crippen LogP contribution in [0, 0.1) is 0 Å². The first-order valence-electron chi connectivity index (χ1n) is 8.83. The number of amidine groups is 1. The lowest BCUT2D eigenvalue weighted by atomic mass is 9.96. The Balaban J connectivity index is 1.73. The molecule has 2 aromatic rings. The van der Waals surface area contributed by atoms with Gasteiger partial charge in [0.1, 0.15) is 17.8 Å². The second-order valence-corrected chi connectivity index (χ2v) is 7.31. The third-order valence-electron chi connectivity index (χ3n) is 4.65. The standard InChI is InChI=1S/C21H19N3O3S/c1-13(25)22-19-18(15-8-10-16(27-2)11-9-15)23-21-24(20(19)26)17(12-28-21)14-6-4-3-5-7-14/h3-12,18-19H,1-2H3,(H,22,25)/t18-,19+/m1/s1. The van der Waals surface area contributed by atoms with E-state index in [1.165, 1.54) is 18.7 Å². The van der Waals surface area contributed by atoms with E-state index in [0.717, 1.165) is 22.6 Å². The number of nitrogens with one attached hydrogen (secondary N) is 1. The largest absolute Gasteiger partial charge is 0.497 e. The monoisotopic (exact) mass is 393 g/mol. The van der Waals surface area contributed by atoms with Crippen LogP contribution in [0.2, 0.25) is 0 Å². The molecule has 0 aromatic heterocycles. The van der Waals surface area contributed by atoms with Crippen LogP contribution in [-0.2, 0) is 9.59 Å². The zero-order valence-corrected chi connectivity index (χ0v) is 16.3. The van der Waals surface area contributed by atoms with Gasteiger partial charge in [0.15, 0.2) is 5.17 Å². The molecule has 0 aliphatic carbocycles. The Hall–Kier alpha value is -3.06. The van der Waals surface area contributed by atoms with Gasteiger partial charge in [-0.3, -0.25) is 19.5 Å². The summed E-state index contributed by atoms with van der Waals surface area (Å²) in [6.45, 7) is 1.41. The number of carbonyl (C=O) groups is 2. The van der Waals surface area contributed by atoms with Crippen LogP contribution in [0.1, 0.15) is 24.1 Å². The summed E-state index contributed by atoms with van der Waals surface area (Å²) in [6.07, 6.45) is 0. The normalized spacial score (nSPS) is 20.9. The van der Waals surface area contributed by atoms with E-state index >= 15 is 0 Å². The van der Waals surface area contributed by atoms with Crippen LogP contribution in [-0.4, -0.2) is 35.0 Å². The minimum absolute atomic E-state index is 0.193. The maximum absolute atomic E-state index is 13.4. The van der Waals surface area contributed by atoms with Crippen LogP contribution in [0.3, 0.4) is 0 Å². The molecular weight excluding hydrogens is 374 g/mol. The lowest BCUT2D eigenvalue weighted by Gasteiger charge is -2.34. The number of fused-ring (bicyclic) bond motifs is 1. The summed E-state index contributed by atoms with van der Waals surface area (Å²) in [5.41, 5.74) is 2.55. The molecule has 2 atom stereocenters. The Kier molecular flexibility index (Phi) is 4.92. The highest BCUT2D eigenvalue weighted by Crippen LogP contribution is 2.40. The highest BCUT2D eigenvalue weighted by Gasteiger charge is 2.43. The van der Waals surface area contributed by atoms with E-state index in [9.17, 15) is 9.59 Å². The van der Waals surface area contributed by atoms with Gasteiger partial charge in [-0.15, -0.1) is 0 Å². The van der Waals surface area contributed by atoms with E-state index in [1.807, 2.05) is 60.0 Å². The van der Waals surface area contributed by atoms with E-state index in [1.54, 1.807) is 12.0 Å². The van der Waals surface area contributed by atoms with Gasteiger partial charge in [-0.25, -0.2) is 0 Å². The summed E-state index contributed by atoms with van der Waals surface area (Å²) in [5.74, 6) is 0.258. The SMILES string of the molecule is COc1ccc([C@H]2N=C3SC=C(c4ccccc4)N3C(=O)[C@H]2NC(C)=O)cc1. The van der Waals surface area contributed by atoms with Crippen molar-refractivity contribution in [2.45, 2.75) is 19.0 Å². The number of thioether (sulfide) groups is 1. The van der Waals surface area contributed by atoms with Gasteiger partial charge >= 0.3 is 0 Å². The second kappa shape index (κ2) is 7.52. The molecule has 0 radical (unpaired) electrons. The molecule has 1 N–H and O–H groups in total. The zero-order chi connectivity index (χ0) is 19.7. The Morgan fingerprint density at radius 2 is 1.86 bits per heavy atom. The third kappa shape index (κ3) is 3.29. The molecule has 2 aromatic carbocycles. The van der Waals surface area contributed by atoms with Gasteiger partial charge < -0.3 is 10.1 Å². The van der Waals surface area contributed by atoms with Crippen molar-refractivity contribution in [3.8, 4) is 5.75 Å². The third-order valence-corrected chi connectivity index (χ3v) is 5.49. The number of ether oxygens (including phenoxy) is 1. The minimum atomic E-state index is -0.777. The molecule has 7 heteroatoms. The van der Waals surface area contributed by atoms with Gasteiger partial charge in [0.05, 0.1) is 12.8 Å². The maximum Gasteiger partial charge on any atom is 0.258 e. The molecule has 0 fully saturated rings. The van der Waals surface area contributed by atoms with Crippen molar-refractivity contribution in [1.29, 1.82) is 0 Å². The average molecular weight is 393 g/mol. The number of carbonyl (C=O) groups excluding carboxylic acids is 2. The van der Waals surface area contributed by atoms with E-state index in [2.05, 4.69) is 5.32 Å². The molecule has 2 aliphatic rings. The van der Waals surface area contributed by atoms with Gasteiger partial charge in [0.25, 0.3) is 5.91 Å². The fourth-order valence-electron chi connectivity index (χ4n) is 3.32. The Bertz CT molecular complexity index is 970. The van der Waals surface area contributed by atoms with Crippen molar-refractivity contribution < 1.29 is 14.3 Å². The highest BCUT2D eigenvalue weighted by molar-refractivity contribution is 8.16. The molecular formula is C21H19N3O3S. The molecule has 28 heavy (non-hydrogen) atoms. The summed E-state index contributed by atoms with van der Waals surface area (Å²) in [4.78, 5) is 31.6. The summed E-state index contributed by atoms with van der Waals surface area (Å²) in [7, 11) is 1.60. The molecule has 0 unspecified atom stereocenters. The maximum atomic E-state index is 13.4. The molecule has 0 bridgehead atoms. The number of rotatable bonds is 4. The van der Waals surface area contributed by atoms with Crippen LogP contribution < -0.4 is 10.1 Å². The number of nitrogens with zero attached hydrogens (tertiary/aromatic N) is 2. The van der Waals surface area contributed by atoms with E-state index < -0.39 is 12.1 Å². The summed E-state index contributed by atoms with van der Waals surface area (Å²) < 4.78 is 5.21. The fourth-order valence-corrected chi connectivity index (χ4v) is 4.25. The molecule has 2 amide bonds. The molecule has 0 saturated heterocycles. The number of amides is 2. The van der Waals surface area contributed by atoms with Gasteiger partial charge in [0.2, 0.25) is 5.91 Å². The van der Waals surface area contributed by atoms with Crippen molar-refractivity contribution in [3.63, 3.8) is 0 Å². The van der Waals surface area contributed by atoms with Crippen molar-refractivity contribution >= 4 is 34.4 Å². The second-order valence-electron chi connectivity index (χ2n) is 6.47. The summed E-state index contributed by atoms with van der Waals surface area (Å²) in [5, 5.41) is 5.33. The molecule has 0 saturated carbocycles. The van der Waals surface area contributed by atoms with Crippen molar-refractivity contribution in [2.75, 3.05) is 7.11 Å². The topological polar surface area (TPSA) is 71.0 Å². The first-order valence-corrected chi connectivity index (χ1v) is 9.71. The van der Waals surface area contributed by atoms with Gasteiger partial charge in [0, 0.05) is 12.3 Å². The Labute approximate surface area is 167 Å². The molecule has 6 nitrogen and oxygen atoms in total. The number of methoxy groups -OCH3 is 1. The van der Waals surface area contributed by atoms with E-state index in [0.29, 0.717) is 5.17 Å². The molecule has 2 heterocycles. The Morgan fingerprint density at radius 1 is 1.14 bits per heavy atom. The van der Waals surface area contributed by atoms with E-state index in [-0.39, 0.29) is 11.8 Å². The first-order chi connectivity index (χ1) is 13.6. The van der Waals surface area contributed by atoms with Gasteiger partial charge in [-0.1, -0.05) is 54.2 Å². The van der Waals surface area contributed by atoms with Gasteiger partial charge in [-0.05, 0) is 23.3 Å². The average Bonchev–Trinajstić information content (AvgIpc) is 3.15.